The Balaban J connectivity index is 1.55. The van der Waals surface area contributed by atoms with Gasteiger partial charge in [-0.25, -0.2) is 0 Å². The van der Waals surface area contributed by atoms with Crippen LogP contribution in [0.4, 0.5) is 0 Å². The van der Waals surface area contributed by atoms with E-state index in [1.54, 1.807) is 38.5 Å². The smallest absolute Gasteiger partial charge is 0.160 e. The molecule has 0 saturated heterocycles. The predicted molar refractivity (Wildman–Crippen MR) is 109 cm³/mol. The predicted octanol–water partition coefficient (Wildman–Crippen LogP) is 5.42. The van der Waals surface area contributed by atoms with Crippen LogP contribution < -0.4 is 9.47 Å². The number of methoxy groups -OCH3 is 2. The second-order valence-corrected chi connectivity index (χ2v) is 6.96. The van der Waals surface area contributed by atoms with Crippen LogP contribution in [0.15, 0.2) is 42.5 Å². The quantitative estimate of drug-likeness (QED) is 0.489. The summed E-state index contributed by atoms with van der Waals surface area (Å²) in [5, 5.41) is 19.4. The highest BCUT2D eigenvalue weighted by atomic mass is 16.5. The van der Waals surface area contributed by atoms with E-state index in [9.17, 15) is 10.2 Å². The van der Waals surface area contributed by atoms with Gasteiger partial charge in [0.25, 0.3) is 0 Å². The van der Waals surface area contributed by atoms with Crippen molar-refractivity contribution in [1.82, 2.24) is 0 Å². The van der Waals surface area contributed by atoms with Gasteiger partial charge in [-0.3, -0.25) is 0 Å². The van der Waals surface area contributed by atoms with E-state index < -0.39 is 6.10 Å². The van der Waals surface area contributed by atoms with Gasteiger partial charge in [-0.05, 0) is 54.7 Å². The van der Waals surface area contributed by atoms with E-state index in [1.165, 1.54) is 31.2 Å². The van der Waals surface area contributed by atoms with Gasteiger partial charge in [0.2, 0.25) is 0 Å². The fourth-order valence-corrected chi connectivity index (χ4v) is 3.27. The zero-order chi connectivity index (χ0) is 19.5. The van der Waals surface area contributed by atoms with E-state index >= 15 is 0 Å². The van der Waals surface area contributed by atoms with E-state index in [1.807, 2.05) is 6.07 Å². The van der Waals surface area contributed by atoms with Crippen molar-refractivity contribution in [3.05, 3.63) is 53.6 Å². The Morgan fingerprint density at radius 2 is 1.41 bits per heavy atom. The van der Waals surface area contributed by atoms with Gasteiger partial charge in [0.1, 0.15) is 5.75 Å². The minimum Gasteiger partial charge on any atom is -0.508 e. The molecule has 0 spiro atoms. The lowest BCUT2D eigenvalue weighted by Gasteiger charge is -2.11. The number of aliphatic hydroxyl groups is 1. The molecule has 2 N–H and O–H groups in total. The molecule has 0 saturated carbocycles. The molecule has 2 aromatic carbocycles. The van der Waals surface area contributed by atoms with Crippen molar-refractivity contribution in [1.29, 1.82) is 0 Å². The van der Waals surface area contributed by atoms with Gasteiger partial charge < -0.3 is 19.7 Å². The Labute approximate surface area is 162 Å². The summed E-state index contributed by atoms with van der Waals surface area (Å²) < 4.78 is 10.6. The molecule has 0 aromatic heterocycles. The third-order valence-electron chi connectivity index (χ3n) is 4.92. The zero-order valence-corrected chi connectivity index (χ0v) is 16.5. The Kier molecular flexibility index (Phi) is 8.99. The van der Waals surface area contributed by atoms with Gasteiger partial charge in [0.05, 0.1) is 20.3 Å². The van der Waals surface area contributed by atoms with Gasteiger partial charge in [0, 0.05) is 0 Å². The normalized spacial score (nSPS) is 12.0. The number of benzene rings is 2. The average Bonchev–Trinajstić information content (AvgIpc) is 2.70. The minimum absolute atomic E-state index is 0.235. The molecule has 1 atom stereocenters. The van der Waals surface area contributed by atoms with Crippen LogP contribution >= 0.6 is 0 Å². The Morgan fingerprint density at radius 1 is 0.778 bits per heavy atom. The molecule has 2 aromatic rings. The first kappa shape index (κ1) is 21.1. The highest BCUT2D eigenvalue weighted by Crippen LogP contribution is 2.28. The number of hydrogen-bond donors (Lipinski definition) is 2. The third-order valence-corrected chi connectivity index (χ3v) is 4.92. The minimum atomic E-state index is -0.435. The van der Waals surface area contributed by atoms with Gasteiger partial charge in [-0.15, -0.1) is 0 Å². The second-order valence-electron chi connectivity index (χ2n) is 6.96. The van der Waals surface area contributed by atoms with Crippen LogP contribution in [0.2, 0.25) is 0 Å². The summed E-state index contributed by atoms with van der Waals surface area (Å²) >= 11 is 0. The largest absolute Gasteiger partial charge is 0.508 e. The van der Waals surface area contributed by atoms with Crippen molar-refractivity contribution in [2.75, 3.05) is 14.2 Å². The summed E-state index contributed by atoms with van der Waals surface area (Å²) in [5.41, 5.74) is 2.16. The van der Waals surface area contributed by atoms with E-state index in [2.05, 4.69) is 12.1 Å². The third kappa shape index (κ3) is 7.14. The molecule has 27 heavy (non-hydrogen) atoms. The Bertz CT molecular complexity index is 667. The van der Waals surface area contributed by atoms with Crippen LogP contribution in [0.25, 0.3) is 0 Å². The number of aliphatic hydroxyl groups excluding tert-OH is 1. The lowest BCUT2D eigenvalue weighted by atomic mass is 10.0. The van der Waals surface area contributed by atoms with Crippen molar-refractivity contribution in [3.8, 4) is 17.2 Å². The number of ether oxygens (including phenoxy) is 2. The molecule has 0 radical (unpaired) electrons. The van der Waals surface area contributed by atoms with Crippen molar-refractivity contribution >= 4 is 0 Å². The molecule has 4 nitrogen and oxygen atoms in total. The first-order valence-corrected chi connectivity index (χ1v) is 9.82. The molecule has 148 valence electrons. The fourth-order valence-electron chi connectivity index (χ4n) is 3.27. The number of unbranched alkanes of at least 4 members (excludes halogenated alkanes) is 5. The molecule has 0 fully saturated rings. The highest BCUT2D eigenvalue weighted by molar-refractivity contribution is 5.42. The summed E-state index contributed by atoms with van der Waals surface area (Å²) in [7, 11) is 3.32. The van der Waals surface area contributed by atoms with E-state index in [0.717, 1.165) is 42.7 Å². The van der Waals surface area contributed by atoms with Crippen LogP contribution in [-0.4, -0.2) is 24.4 Å². The molecule has 4 heteroatoms. The van der Waals surface area contributed by atoms with Gasteiger partial charge >= 0.3 is 0 Å². The summed E-state index contributed by atoms with van der Waals surface area (Å²) in [6, 6.07) is 12.9. The van der Waals surface area contributed by atoms with Crippen molar-refractivity contribution in [3.63, 3.8) is 0 Å². The molecular weight excluding hydrogens is 340 g/mol. The van der Waals surface area contributed by atoms with Crippen molar-refractivity contribution < 1.29 is 19.7 Å². The molecule has 0 heterocycles. The van der Waals surface area contributed by atoms with Crippen LogP contribution in [0.5, 0.6) is 17.2 Å². The first-order valence-electron chi connectivity index (χ1n) is 9.82. The highest BCUT2D eigenvalue weighted by Gasteiger charge is 2.07. The van der Waals surface area contributed by atoms with Crippen LogP contribution in [0, 0.1) is 0 Å². The first-order chi connectivity index (χ1) is 13.1. The topological polar surface area (TPSA) is 58.9 Å². The number of aromatic hydroxyl groups is 1. The monoisotopic (exact) mass is 372 g/mol. The maximum absolute atomic E-state index is 10.2. The zero-order valence-electron chi connectivity index (χ0n) is 16.5. The molecular formula is C23H32O4. The van der Waals surface area contributed by atoms with Gasteiger partial charge in [-0.2, -0.15) is 0 Å². The molecule has 0 amide bonds. The number of rotatable bonds is 12. The van der Waals surface area contributed by atoms with Gasteiger partial charge in [-0.1, -0.05) is 50.3 Å². The van der Waals surface area contributed by atoms with Crippen LogP contribution in [-0.2, 0) is 6.42 Å². The summed E-state index contributed by atoms with van der Waals surface area (Å²) in [4.78, 5) is 0. The fraction of sp³-hybridized carbons (Fsp3) is 0.478. The Morgan fingerprint density at radius 3 is 2.07 bits per heavy atom. The van der Waals surface area contributed by atoms with E-state index in [0.29, 0.717) is 0 Å². The Hall–Kier alpha value is -2.20. The molecule has 1 unspecified atom stereocenters. The lowest BCUT2D eigenvalue weighted by Crippen LogP contribution is -1.97. The number of phenolic OH excluding ortho intramolecular Hbond substituents is 1. The number of hydrogen-bond acceptors (Lipinski definition) is 4. The van der Waals surface area contributed by atoms with Crippen LogP contribution in [0.1, 0.15) is 62.2 Å². The average molecular weight is 373 g/mol. The second kappa shape index (κ2) is 11.5. The summed E-state index contributed by atoms with van der Waals surface area (Å²) in [6.45, 7) is 0. The van der Waals surface area contributed by atoms with Crippen molar-refractivity contribution in [2.24, 2.45) is 0 Å². The standard InChI is InChI=1S/C23H32O4/c1-26-22-16-11-18(17-23(22)27-2)9-7-5-3-4-6-8-10-21(25)19-12-14-20(24)15-13-19/h11-17,21,24-25H,3-10H2,1-2H3. The maximum Gasteiger partial charge on any atom is 0.160 e. The summed E-state index contributed by atoms with van der Waals surface area (Å²) in [6.07, 6.45) is 8.38. The molecule has 2 rings (SSSR count). The molecule has 0 aliphatic carbocycles. The molecule has 0 aliphatic rings. The lowest BCUT2D eigenvalue weighted by molar-refractivity contribution is 0.163. The summed E-state index contributed by atoms with van der Waals surface area (Å²) in [5.74, 6) is 1.80. The van der Waals surface area contributed by atoms with Crippen molar-refractivity contribution in [2.45, 2.75) is 57.5 Å². The number of aryl methyl sites for hydroxylation is 1. The number of phenols is 1. The van der Waals surface area contributed by atoms with E-state index in [-0.39, 0.29) is 5.75 Å². The molecule has 0 aliphatic heterocycles. The molecule has 0 bridgehead atoms. The maximum atomic E-state index is 10.2. The van der Waals surface area contributed by atoms with Crippen LogP contribution in [0.3, 0.4) is 0 Å². The SMILES string of the molecule is COc1ccc(CCCCCCCCC(O)c2ccc(O)cc2)cc1OC. The van der Waals surface area contributed by atoms with Gasteiger partial charge in [0.15, 0.2) is 11.5 Å². The van der Waals surface area contributed by atoms with E-state index in [4.69, 9.17) is 9.47 Å².